The summed E-state index contributed by atoms with van der Waals surface area (Å²) in [6, 6.07) is 0.0405. The van der Waals surface area contributed by atoms with Crippen LogP contribution in [0.1, 0.15) is 31.4 Å². The van der Waals surface area contributed by atoms with Crippen molar-refractivity contribution in [2.45, 2.75) is 26.4 Å². The Morgan fingerprint density at radius 1 is 1.50 bits per heavy atom. The van der Waals surface area contributed by atoms with E-state index in [4.69, 9.17) is 0 Å². The molecule has 0 saturated carbocycles. The molecule has 0 amide bonds. The second kappa shape index (κ2) is 5.18. The molecule has 0 aliphatic heterocycles. The molecule has 2 rings (SSSR count). The number of aryl methyl sites for hydroxylation is 1. The molecule has 0 fully saturated rings. The SMILES string of the molecule is CCNC(c1csnn1)c1nccn1CC. The Morgan fingerprint density at radius 3 is 3.00 bits per heavy atom. The lowest BCUT2D eigenvalue weighted by Crippen LogP contribution is -2.25. The molecule has 16 heavy (non-hydrogen) atoms. The van der Waals surface area contributed by atoms with Crippen molar-refractivity contribution in [1.82, 2.24) is 24.5 Å². The van der Waals surface area contributed by atoms with Crippen LogP contribution in [0.3, 0.4) is 0 Å². The second-order valence-electron chi connectivity index (χ2n) is 3.39. The fourth-order valence-electron chi connectivity index (χ4n) is 1.68. The van der Waals surface area contributed by atoms with E-state index in [1.807, 2.05) is 17.8 Å². The van der Waals surface area contributed by atoms with Gasteiger partial charge in [-0.15, -0.1) is 5.10 Å². The average Bonchev–Trinajstić information content (AvgIpc) is 2.96. The van der Waals surface area contributed by atoms with Crippen LogP contribution in [0.5, 0.6) is 0 Å². The lowest BCUT2D eigenvalue weighted by atomic mass is 10.2. The maximum absolute atomic E-state index is 4.40. The molecule has 0 radical (unpaired) electrons. The molecule has 6 heteroatoms. The van der Waals surface area contributed by atoms with Crippen molar-refractivity contribution in [3.05, 3.63) is 29.3 Å². The van der Waals surface area contributed by atoms with E-state index in [1.165, 1.54) is 11.5 Å². The maximum atomic E-state index is 4.40. The molecule has 0 saturated heterocycles. The van der Waals surface area contributed by atoms with Crippen molar-refractivity contribution in [2.75, 3.05) is 6.54 Å². The first-order valence-corrected chi connectivity index (χ1v) is 6.21. The Bertz CT molecular complexity index is 422. The van der Waals surface area contributed by atoms with Crippen molar-refractivity contribution in [2.24, 2.45) is 0 Å². The van der Waals surface area contributed by atoms with Crippen LogP contribution in [-0.2, 0) is 6.54 Å². The molecular weight excluding hydrogens is 222 g/mol. The Labute approximate surface area is 98.7 Å². The van der Waals surface area contributed by atoms with E-state index < -0.39 is 0 Å². The number of nitrogens with zero attached hydrogens (tertiary/aromatic N) is 4. The molecule has 0 bridgehead atoms. The highest BCUT2D eigenvalue weighted by Gasteiger charge is 2.19. The molecule has 0 aliphatic carbocycles. The molecule has 1 atom stereocenters. The number of hydrogen-bond donors (Lipinski definition) is 1. The van der Waals surface area contributed by atoms with Gasteiger partial charge in [-0.05, 0) is 25.0 Å². The summed E-state index contributed by atoms with van der Waals surface area (Å²) in [6.07, 6.45) is 3.81. The van der Waals surface area contributed by atoms with E-state index in [-0.39, 0.29) is 6.04 Å². The van der Waals surface area contributed by atoms with Crippen LogP contribution >= 0.6 is 11.5 Å². The molecule has 2 aromatic heterocycles. The third-order valence-electron chi connectivity index (χ3n) is 2.43. The summed E-state index contributed by atoms with van der Waals surface area (Å²) >= 11 is 1.37. The minimum Gasteiger partial charge on any atom is -0.334 e. The van der Waals surface area contributed by atoms with Gasteiger partial charge in [0.05, 0.1) is 0 Å². The predicted molar refractivity (Wildman–Crippen MR) is 63.3 cm³/mol. The van der Waals surface area contributed by atoms with Gasteiger partial charge in [0.2, 0.25) is 0 Å². The highest BCUT2D eigenvalue weighted by molar-refractivity contribution is 7.03. The van der Waals surface area contributed by atoms with E-state index in [0.29, 0.717) is 0 Å². The van der Waals surface area contributed by atoms with E-state index >= 15 is 0 Å². The molecule has 0 aromatic carbocycles. The topological polar surface area (TPSA) is 55.6 Å². The monoisotopic (exact) mass is 237 g/mol. The summed E-state index contributed by atoms with van der Waals surface area (Å²) < 4.78 is 6.02. The lowest BCUT2D eigenvalue weighted by molar-refractivity contribution is 0.547. The zero-order valence-electron chi connectivity index (χ0n) is 9.42. The largest absolute Gasteiger partial charge is 0.334 e. The highest BCUT2D eigenvalue weighted by atomic mass is 32.1. The third-order valence-corrected chi connectivity index (χ3v) is 2.95. The first kappa shape index (κ1) is 11.2. The van der Waals surface area contributed by atoms with Crippen LogP contribution in [0.25, 0.3) is 0 Å². The van der Waals surface area contributed by atoms with Gasteiger partial charge in [-0.1, -0.05) is 11.4 Å². The molecule has 0 spiro atoms. The van der Waals surface area contributed by atoms with Crippen molar-refractivity contribution in [3.63, 3.8) is 0 Å². The van der Waals surface area contributed by atoms with E-state index in [1.54, 1.807) is 0 Å². The number of nitrogens with one attached hydrogen (secondary N) is 1. The number of hydrogen-bond acceptors (Lipinski definition) is 5. The molecule has 86 valence electrons. The Balaban J connectivity index is 2.33. The van der Waals surface area contributed by atoms with Gasteiger partial charge in [-0.25, -0.2) is 4.98 Å². The summed E-state index contributed by atoms with van der Waals surface area (Å²) in [6.45, 7) is 5.97. The van der Waals surface area contributed by atoms with Gasteiger partial charge in [0.25, 0.3) is 0 Å². The van der Waals surface area contributed by atoms with Gasteiger partial charge in [-0.3, -0.25) is 0 Å². The molecule has 0 aliphatic rings. The standard InChI is InChI=1S/C10H15N5S/c1-3-11-9(8-7-16-14-13-8)10-12-5-6-15(10)4-2/h5-7,9,11H,3-4H2,1-2H3. The van der Waals surface area contributed by atoms with Gasteiger partial charge in [-0.2, -0.15) is 0 Å². The van der Waals surface area contributed by atoms with Gasteiger partial charge in [0, 0.05) is 24.3 Å². The van der Waals surface area contributed by atoms with E-state index in [2.05, 4.69) is 38.3 Å². The Morgan fingerprint density at radius 2 is 2.38 bits per heavy atom. The maximum Gasteiger partial charge on any atom is 0.132 e. The quantitative estimate of drug-likeness (QED) is 0.855. The summed E-state index contributed by atoms with van der Waals surface area (Å²) in [5.74, 6) is 0.997. The van der Waals surface area contributed by atoms with Crippen LogP contribution in [0.4, 0.5) is 0 Å². The first-order valence-electron chi connectivity index (χ1n) is 5.38. The van der Waals surface area contributed by atoms with Gasteiger partial charge in [0.15, 0.2) is 0 Å². The molecule has 2 aromatic rings. The normalized spacial score (nSPS) is 12.9. The molecule has 2 heterocycles. The summed E-state index contributed by atoms with van der Waals surface area (Å²) in [5.41, 5.74) is 0.938. The molecule has 1 N–H and O–H groups in total. The summed E-state index contributed by atoms with van der Waals surface area (Å²) in [7, 11) is 0. The number of imidazole rings is 1. The fourth-order valence-corrected chi connectivity index (χ4v) is 2.16. The van der Waals surface area contributed by atoms with E-state index in [9.17, 15) is 0 Å². The fraction of sp³-hybridized carbons (Fsp3) is 0.500. The minimum atomic E-state index is 0.0405. The third kappa shape index (κ3) is 2.12. The van der Waals surface area contributed by atoms with Crippen molar-refractivity contribution >= 4 is 11.5 Å². The zero-order chi connectivity index (χ0) is 11.4. The van der Waals surface area contributed by atoms with Gasteiger partial charge in [0.1, 0.15) is 17.6 Å². The first-order chi connectivity index (χ1) is 7.86. The van der Waals surface area contributed by atoms with Crippen LogP contribution in [-0.4, -0.2) is 25.7 Å². The highest BCUT2D eigenvalue weighted by Crippen LogP contribution is 2.19. The van der Waals surface area contributed by atoms with Crippen molar-refractivity contribution in [1.29, 1.82) is 0 Å². The summed E-state index contributed by atoms with van der Waals surface area (Å²) in [4.78, 5) is 4.40. The predicted octanol–water partition coefficient (Wildman–Crippen LogP) is 1.45. The van der Waals surface area contributed by atoms with Crippen molar-refractivity contribution in [3.8, 4) is 0 Å². The number of aromatic nitrogens is 4. The minimum absolute atomic E-state index is 0.0405. The molecular formula is C10H15N5S. The molecule has 1 unspecified atom stereocenters. The smallest absolute Gasteiger partial charge is 0.132 e. The Hall–Kier alpha value is -1.27. The number of rotatable bonds is 5. The van der Waals surface area contributed by atoms with Gasteiger partial charge >= 0.3 is 0 Å². The van der Waals surface area contributed by atoms with Crippen molar-refractivity contribution < 1.29 is 0 Å². The molecule has 5 nitrogen and oxygen atoms in total. The Kier molecular flexibility index (Phi) is 3.63. The second-order valence-corrected chi connectivity index (χ2v) is 4.00. The van der Waals surface area contributed by atoms with Crippen LogP contribution < -0.4 is 5.32 Å². The average molecular weight is 237 g/mol. The van der Waals surface area contributed by atoms with Crippen LogP contribution in [0.2, 0.25) is 0 Å². The zero-order valence-corrected chi connectivity index (χ0v) is 10.2. The van der Waals surface area contributed by atoms with Gasteiger partial charge < -0.3 is 9.88 Å². The lowest BCUT2D eigenvalue weighted by Gasteiger charge is -2.15. The van der Waals surface area contributed by atoms with E-state index in [0.717, 1.165) is 24.6 Å². The van der Waals surface area contributed by atoms with Crippen LogP contribution in [0.15, 0.2) is 17.8 Å². The summed E-state index contributed by atoms with van der Waals surface area (Å²) in [5, 5.41) is 9.46. The van der Waals surface area contributed by atoms with Crippen LogP contribution in [0, 0.1) is 0 Å².